The molecule has 1 aromatic rings. The zero-order chi connectivity index (χ0) is 19.4. The molecular weight excluding hydrogens is 342 g/mol. The number of likely N-dealkylation sites (N-methyl/N-ethyl adjacent to an activating group) is 1. The molecule has 6 heteroatoms. The number of nitrogens with two attached hydrogens (primary N) is 1. The summed E-state index contributed by atoms with van der Waals surface area (Å²) in [6.45, 7) is 2.21. The van der Waals surface area contributed by atoms with Crippen LogP contribution in [0.2, 0.25) is 0 Å². The predicted molar refractivity (Wildman–Crippen MR) is 103 cm³/mol. The van der Waals surface area contributed by atoms with E-state index in [1.54, 1.807) is 0 Å². The predicted octanol–water partition coefficient (Wildman–Crippen LogP) is 1.90. The quantitative estimate of drug-likeness (QED) is 0.858. The molecule has 0 saturated carbocycles. The summed E-state index contributed by atoms with van der Waals surface area (Å²) in [7, 11) is 1.89. The van der Waals surface area contributed by atoms with Crippen LogP contribution < -0.4 is 5.73 Å². The average molecular weight is 371 g/mol. The smallest absolute Gasteiger partial charge is 0.229 e. The highest BCUT2D eigenvalue weighted by molar-refractivity contribution is 5.84. The summed E-state index contributed by atoms with van der Waals surface area (Å²) in [5.41, 5.74) is 6.30. The first-order valence-corrected chi connectivity index (χ1v) is 9.76. The highest BCUT2D eigenvalue weighted by atomic mass is 16.2. The lowest BCUT2D eigenvalue weighted by Gasteiger charge is -2.49. The fourth-order valence-electron chi connectivity index (χ4n) is 4.54. The summed E-state index contributed by atoms with van der Waals surface area (Å²) in [4.78, 5) is 39.7. The van der Waals surface area contributed by atoms with Crippen LogP contribution in [0, 0.1) is 5.41 Å². The lowest BCUT2D eigenvalue weighted by atomic mass is 9.67. The van der Waals surface area contributed by atoms with Crippen molar-refractivity contribution in [2.45, 2.75) is 44.4 Å². The minimum atomic E-state index is -0.359. The third-order valence-corrected chi connectivity index (χ3v) is 6.08. The van der Waals surface area contributed by atoms with Crippen LogP contribution in [0.25, 0.3) is 0 Å². The molecule has 146 valence electrons. The van der Waals surface area contributed by atoms with Crippen LogP contribution in [0.1, 0.15) is 50.0 Å². The highest BCUT2D eigenvalue weighted by Gasteiger charge is 2.45. The molecule has 0 radical (unpaired) electrons. The number of rotatable bonds is 5. The van der Waals surface area contributed by atoms with E-state index in [1.807, 2.05) is 47.2 Å². The van der Waals surface area contributed by atoms with Gasteiger partial charge in [0.2, 0.25) is 17.7 Å². The van der Waals surface area contributed by atoms with Crippen molar-refractivity contribution in [3.63, 3.8) is 0 Å². The molecule has 2 saturated heterocycles. The molecule has 3 amide bonds. The summed E-state index contributed by atoms with van der Waals surface area (Å²) >= 11 is 0. The Hall–Kier alpha value is -2.37. The van der Waals surface area contributed by atoms with Crippen LogP contribution in [0.5, 0.6) is 0 Å². The molecule has 6 nitrogen and oxygen atoms in total. The second-order valence-electron chi connectivity index (χ2n) is 8.06. The van der Waals surface area contributed by atoms with Gasteiger partial charge in [0.1, 0.15) is 0 Å². The molecule has 2 aliphatic heterocycles. The molecule has 0 aliphatic carbocycles. The summed E-state index contributed by atoms with van der Waals surface area (Å²) in [5.74, 6) is -0.159. The molecule has 1 unspecified atom stereocenters. The first-order valence-electron chi connectivity index (χ1n) is 9.76. The van der Waals surface area contributed by atoms with Gasteiger partial charge in [-0.25, -0.2) is 0 Å². The summed E-state index contributed by atoms with van der Waals surface area (Å²) in [6.07, 6.45) is 3.83. The zero-order valence-electron chi connectivity index (χ0n) is 16.0. The maximum absolute atomic E-state index is 12.7. The highest BCUT2D eigenvalue weighted by Crippen LogP contribution is 2.45. The summed E-state index contributed by atoms with van der Waals surface area (Å²) in [6, 6.07) is 10.0. The minimum absolute atomic E-state index is 0.0766. The van der Waals surface area contributed by atoms with E-state index in [2.05, 4.69) is 0 Å². The minimum Gasteiger partial charge on any atom is -0.370 e. The van der Waals surface area contributed by atoms with Gasteiger partial charge >= 0.3 is 0 Å². The largest absolute Gasteiger partial charge is 0.370 e. The molecule has 2 fully saturated rings. The van der Waals surface area contributed by atoms with Gasteiger partial charge in [-0.1, -0.05) is 30.3 Å². The molecule has 2 heterocycles. The number of primary amides is 1. The van der Waals surface area contributed by atoms with E-state index in [4.69, 9.17) is 5.73 Å². The fourth-order valence-corrected chi connectivity index (χ4v) is 4.54. The van der Waals surface area contributed by atoms with Crippen LogP contribution in [-0.4, -0.2) is 54.2 Å². The Morgan fingerprint density at radius 1 is 1.15 bits per heavy atom. The molecule has 0 bridgehead atoms. The molecule has 1 atom stereocenters. The lowest BCUT2D eigenvalue weighted by Crippen LogP contribution is -2.53. The van der Waals surface area contributed by atoms with E-state index in [0.717, 1.165) is 44.5 Å². The SMILES string of the molecule is CN1CC2(CCN(C(=O)CCCC(N)=O)CC2)CC(c2ccccc2)C1=O. The molecule has 3 rings (SSSR count). The van der Waals surface area contributed by atoms with E-state index in [-0.39, 0.29) is 35.5 Å². The van der Waals surface area contributed by atoms with Crippen molar-refractivity contribution in [2.24, 2.45) is 11.1 Å². The molecular formula is C21H29N3O3. The molecule has 1 spiro atoms. The van der Waals surface area contributed by atoms with Gasteiger partial charge in [0.05, 0.1) is 5.92 Å². The number of hydrogen-bond acceptors (Lipinski definition) is 3. The zero-order valence-corrected chi connectivity index (χ0v) is 16.0. The van der Waals surface area contributed by atoms with Gasteiger partial charge in [0.25, 0.3) is 0 Å². The number of piperidine rings is 2. The second-order valence-corrected chi connectivity index (χ2v) is 8.06. The Labute approximate surface area is 160 Å². The Bertz CT molecular complexity index is 696. The van der Waals surface area contributed by atoms with Gasteiger partial charge in [-0.3, -0.25) is 14.4 Å². The van der Waals surface area contributed by atoms with Crippen LogP contribution in [0.15, 0.2) is 30.3 Å². The van der Waals surface area contributed by atoms with Crippen LogP contribution in [0.3, 0.4) is 0 Å². The van der Waals surface area contributed by atoms with Gasteiger partial charge in [0.15, 0.2) is 0 Å². The summed E-state index contributed by atoms with van der Waals surface area (Å²) in [5, 5.41) is 0. The molecule has 2 N–H and O–H groups in total. The number of carbonyl (C=O) groups excluding carboxylic acids is 3. The fraction of sp³-hybridized carbons (Fsp3) is 0.571. The molecule has 1 aromatic carbocycles. The summed E-state index contributed by atoms with van der Waals surface area (Å²) < 4.78 is 0. The Kier molecular flexibility index (Phi) is 5.82. The van der Waals surface area contributed by atoms with E-state index in [1.165, 1.54) is 0 Å². The number of likely N-dealkylation sites (tertiary alicyclic amines) is 2. The Morgan fingerprint density at radius 3 is 2.44 bits per heavy atom. The van der Waals surface area contributed by atoms with E-state index in [9.17, 15) is 14.4 Å². The first kappa shape index (κ1) is 19.4. The van der Waals surface area contributed by atoms with Gasteiger partial charge in [-0.15, -0.1) is 0 Å². The van der Waals surface area contributed by atoms with Gasteiger partial charge in [0, 0.05) is 39.5 Å². The van der Waals surface area contributed by atoms with Crippen LogP contribution in [0.4, 0.5) is 0 Å². The van der Waals surface area contributed by atoms with Gasteiger partial charge in [-0.05, 0) is 36.7 Å². The van der Waals surface area contributed by atoms with Crippen molar-refractivity contribution in [3.05, 3.63) is 35.9 Å². The number of nitrogens with zero attached hydrogens (tertiary/aromatic N) is 2. The van der Waals surface area contributed by atoms with Crippen LogP contribution >= 0.6 is 0 Å². The van der Waals surface area contributed by atoms with Gasteiger partial charge in [-0.2, -0.15) is 0 Å². The number of carbonyl (C=O) groups is 3. The maximum atomic E-state index is 12.7. The van der Waals surface area contributed by atoms with E-state index >= 15 is 0 Å². The normalized spacial score (nSPS) is 22.1. The molecule has 27 heavy (non-hydrogen) atoms. The Balaban J connectivity index is 1.62. The van der Waals surface area contributed by atoms with Crippen molar-refractivity contribution in [3.8, 4) is 0 Å². The first-order chi connectivity index (χ1) is 12.9. The monoisotopic (exact) mass is 371 g/mol. The standard InChI is InChI=1S/C21H29N3O3/c1-23-15-21(14-17(20(23)27)16-6-3-2-4-7-16)10-12-24(13-11-21)19(26)9-5-8-18(22)25/h2-4,6-7,17H,5,8-15H2,1H3,(H2,22,25). The average Bonchev–Trinajstić information content (AvgIpc) is 2.66. The molecule has 2 aliphatic rings. The van der Waals surface area contributed by atoms with Crippen molar-refractivity contribution in [2.75, 3.05) is 26.7 Å². The van der Waals surface area contributed by atoms with E-state index < -0.39 is 0 Å². The topological polar surface area (TPSA) is 83.7 Å². The van der Waals surface area contributed by atoms with Crippen molar-refractivity contribution >= 4 is 17.7 Å². The Morgan fingerprint density at radius 2 is 1.81 bits per heavy atom. The number of amides is 3. The second kappa shape index (κ2) is 8.11. The van der Waals surface area contributed by atoms with Crippen molar-refractivity contribution < 1.29 is 14.4 Å². The molecule has 0 aromatic heterocycles. The van der Waals surface area contributed by atoms with E-state index in [0.29, 0.717) is 12.8 Å². The van der Waals surface area contributed by atoms with Crippen molar-refractivity contribution in [1.82, 2.24) is 9.80 Å². The van der Waals surface area contributed by atoms with Crippen LogP contribution in [-0.2, 0) is 14.4 Å². The van der Waals surface area contributed by atoms with Crippen molar-refractivity contribution in [1.29, 1.82) is 0 Å². The van der Waals surface area contributed by atoms with Gasteiger partial charge < -0.3 is 15.5 Å². The number of benzene rings is 1. The lowest BCUT2D eigenvalue weighted by molar-refractivity contribution is -0.143. The number of hydrogen-bond donors (Lipinski definition) is 1. The third-order valence-electron chi connectivity index (χ3n) is 6.08. The third kappa shape index (κ3) is 4.49. The maximum Gasteiger partial charge on any atom is 0.229 e.